The summed E-state index contributed by atoms with van der Waals surface area (Å²) in [6.45, 7) is 7.55. The number of aliphatic imine (C=N–C) groups is 1. The zero-order chi connectivity index (χ0) is 18.8. The molecule has 1 heterocycles. The number of ether oxygens (including phenoxy) is 1. The van der Waals surface area contributed by atoms with Crippen molar-refractivity contribution in [1.29, 1.82) is 0 Å². The molecule has 2 rings (SSSR count). The summed E-state index contributed by atoms with van der Waals surface area (Å²) in [4.78, 5) is 10.8. The van der Waals surface area contributed by atoms with Gasteiger partial charge in [0.25, 0.3) is 0 Å². The normalized spacial score (nSPS) is 10.7. The molecule has 0 aliphatic rings. The van der Waals surface area contributed by atoms with Crippen LogP contribution in [0.25, 0.3) is 0 Å². The molecule has 0 unspecified atom stereocenters. The van der Waals surface area contributed by atoms with E-state index in [9.17, 15) is 0 Å². The number of aromatic nitrogens is 1. The monoisotopic (exact) mass is 483 g/mol. The van der Waals surface area contributed by atoms with Crippen LogP contribution < -0.4 is 20.3 Å². The zero-order valence-electron chi connectivity index (χ0n) is 16.5. The second-order valence-electron chi connectivity index (χ2n) is 5.94. The van der Waals surface area contributed by atoms with Gasteiger partial charge in [-0.1, -0.05) is 18.2 Å². The number of hydrogen-bond donors (Lipinski definition) is 2. The summed E-state index contributed by atoms with van der Waals surface area (Å²) in [5.41, 5.74) is 3.52. The largest absolute Gasteiger partial charge is 0.481 e. The molecule has 27 heavy (non-hydrogen) atoms. The van der Waals surface area contributed by atoms with Crippen molar-refractivity contribution in [3.05, 3.63) is 53.7 Å². The third kappa shape index (κ3) is 7.24. The molecular weight excluding hydrogens is 453 g/mol. The maximum absolute atomic E-state index is 5.28. The summed E-state index contributed by atoms with van der Waals surface area (Å²) >= 11 is 0. The number of guanidine groups is 1. The van der Waals surface area contributed by atoms with E-state index in [2.05, 4.69) is 63.6 Å². The molecule has 0 radical (unpaired) electrons. The quantitative estimate of drug-likeness (QED) is 0.343. The van der Waals surface area contributed by atoms with Crippen LogP contribution in [0.4, 0.5) is 5.69 Å². The fourth-order valence-electron chi connectivity index (χ4n) is 2.75. The van der Waals surface area contributed by atoms with E-state index in [0.717, 1.165) is 31.2 Å². The molecule has 0 amide bonds. The first-order chi connectivity index (χ1) is 12.7. The van der Waals surface area contributed by atoms with Crippen molar-refractivity contribution in [1.82, 2.24) is 15.6 Å². The van der Waals surface area contributed by atoms with Crippen LogP contribution in [0, 0.1) is 6.92 Å². The molecule has 0 bridgehead atoms. The highest BCUT2D eigenvalue weighted by atomic mass is 127. The second kappa shape index (κ2) is 12.4. The summed E-state index contributed by atoms with van der Waals surface area (Å²) in [6, 6.07) is 12.5. The van der Waals surface area contributed by atoms with Crippen molar-refractivity contribution in [3.63, 3.8) is 0 Å². The number of nitrogens with one attached hydrogen (secondary N) is 2. The van der Waals surface area contributed by atoms with Crippen LogP contribution in [0.2, 0.25) is 0 Å². The Balaban J connectivity index is 0.00000364. The molecule has 0 saturated carbocycles. The Kier molecular flexibility index (Phi) is 10.5. The number of pyridine rings is 1. The lowest BCUT2D eigenvalue weighted by Crippen LogP contribution is -2.41. The Labute approximate surface area is 179 Å². The molecule has 2 aromatic rings. The lowest BCUT2D eigenvalue weighted by molar-refractivity contribution is 0.392. The minimum Gasteiger partial charge on any atom is -0.481 e. The summed E-state index contributed by atoms with van der Waals surface area (Å²) in [7, 11) is 3.40. The van der Waals surface area contributed by atoms with Gasteiger partial charge in [-0.2, -0.15) is 0 Å². The number of benzene rings is 1. The number of methoxy groups -OCH3 is 1. The standard InChI is InChI=1S/C20H29N5O.HI/c1-5-25(18-10-6-8-16(2)14-18)13-12-23-20(21-3)24-15-17-9-7-11-22-19(17)26-4;/h6-11,14H,5,12-13,15H2,1-4H3,(H2,21,23,24);1H. The maximum atomic E-state index is 5.28. The molecule has 7 heteroatoms. The van der Waals surface area contributed by atoms with Gasteiger partial charge in [-0.3, -0.25) is 4.99 Å². The van der Waals surface area contributed by atoms with Gasteiger partial charge in [0.2, 0.25) is 5.88 Å². The molecule has 0 aliphatic carbocycles. The van der Waals surface area contributed by atoms with E-state index < -0.39 is 0 Å². The molecule has 148 valence electrons. The smallest absolute Gasteiger partial charge is 0.218 e. The number of hydrogen-bond acceptors (Lipinski definition) is 4. The number of rotatable bonds is 8. The first-order valence-corrected chi connectivity index (χ1v) is 8.92. The number of halogens is 1. The van der Waals surface area contributed by atoms with Crippen LogP contribution in [-0.4, -0.2) is 44.7 Å². The van der Waals surface area contributed by atoms with Crippen molar-refractivity contribution in [2.24, 2.45) is 4.99 Å². The van der Waals surface area contributed by atoms with Crippen LogP contribution in [0.5, 0.6) is 5.88 Å². The van der Waals surface area contributed by atoms with Crippen LogP contribution in [0.3, 0.4) is 0 Å². The Morgan fingerprint density at radius 1 is 1.22 bits per heavy atom. The van der Waals surface area contributed by atoms with Gasteiger partial charge < -0.3 is 20.3 Å². The van der Waals surface area contributed by atoms with E-state index in [4.69, 9.17) is 4.74 Å². The zero-order valence-corrected chi connectivity index (χ0v) is 18.9. The molecule has 6 nitrogen and oxygen atoms in total. The third-order valence-corrected chi connectivity index (χ3v) is 4.14. The molecule has 0 atom stereocenters. The predicted molar refractivity (Wildman–Crippen MR) is 123 cm³/mol. The van der Waals surface area contributed by atoms with E-state index in [-0.39, 0.29) is 24.0 Å². The average molecular weight is 483 g/mol. The summed E-state index contributed by atoms with van der Waals surface area (Å²) in [5, 5.41) is 6.66. The van der Waals surface area contributed by atoms with Gasteiger partial charge in [0, 0.05) is 50.7 Å². The Hall–Kier alpha value is -2.03. The van der Waals surface area contributed by atoms with E-state index >= 15 is 0 Å². The molecule has 0 spiro atoms. The van der Waals surface area contributed by atoms with Crippen molar-refractivity contribution in [2.75, 3.05) is 38.7 Å². The molecule has 1 aromatic heterocycles. The minimum atomic E-state index is 0. The van der Waals surface area contributed by atoms with Crippen LogP contribution >= 0.6 is 24.0 Å². The van der Waals surface area contributed by atoms with Gasteiger partial charge in [0.1, 0.15) is 0 Å². The van der Waals surface area contributed by atoms with Crippen molar-refractivity contribution in [2.45, 2.75) is 20.4 Å². The van der Waals surface area contributed by atoms with Gasteiger partial charge in [-0.05, 0) is 37.6 Å². The second-order valence-corrected chi connectivity index (χ2v) is 5.94. The topological polar surface area (TPSA) is 61.8 Å². The van der Waals surface area contributed by atoms with Crippen molar-refractivity contribution < 1.29 is 4.74 Å². The highest BCUT2D eigenvalue weighted by Gasteiger charge is 2.07. The summed E-state index contributed by atoms with van der Waals surface area (Å²) in [5.74, 6) is 1.39. The lowest BCUT2D eigenvalue weighted by Gasteiger charge is -2.24. The molecule has 0 saturated heterocycles. The first-order valence-electron chi connectivity index (χ1n) is 8.92. The number of aryl methyl sites for hydroxylation is 1. The number of anilines is 1. The van der Waals surface area contributed by atoms with Crippen LogP contribution in [0.1, 0.15) is 18.1 Å². The lowest BCUT2D eigenvalue weighted by atomic mass is 10.2. The molecular formula is C20H30IN5O. The van der Waals surface area contributed by atoms with Crippen molar-refractivity contribution >= 4 is 35.6 Å². The molecule has 1 aromatic carbocycles. The summed E-state index contributed by atoms with van der Waals surface area (Å²) in [6.07, 6.45) is 1.72. The highest BCUT2D eigenvalue weighted by Crippen LogP contribution is 2.15. The van der Waals surface area contributed by atoms with Gasteiger partial charge in [-0.15, -0.1) is 24.0 Å². The van der Waals surface area contributed by atoms with Gasteiger partial charge in [0.15, 0.2) is 5.96 Å². The van der Waals surface area contributed by atoms with E-state index in [1.165, 1.54) is 11.3 Å². The average Bonchev–Trinajstić information content (AvgIpc) is 2.67. The number of nitrogens with zero attached hydrogens (tertiary/aromatic N) is 3. The van der Waals surface area contributed by atoms with Gasteiger partial charge >= 0.3 is 0 Å². The van der Waals surface area contributed by atoms with Crippen LogP contribution in [-0.2, 0) is 6.54 Å². The highest BCUT2D eigenvalue weighted by molar-refractivity contribution is 14.0. The Bertz CT molecular complexity index is 723. The third-order valence-electron chi connectivity index (χ3n) is 4.14. The van der Waals surface area contributed by atoms with Crippen LogP contribution in [0.15, 0.2) is 47.6 Å². The molecule has 0 aliphatic heterocycles. The fourth-order valence-corrected chi connectivity index (χ4v) is 2.75. The maximum Gasteiger partial charge on any atom is 0.218 e. The van der Waals surface area contributed by atoms with E-state index in [0.29, 0.717) is 12.4 Å². The fraction of sp³-hybridized carbons (Fsp3) is 0.400. The van der Waals surface area contributed by atoms with E-state index in [1.807, 2.05) is 12.1 Å². The SMILES string of the molecule is CCN(CCNC(=NC)NCc1cccnc1OC)c1cccc(C)c1.I. The first kappa shape index (κ1) is 23.0. The molecule has 2 N–H and O–H groups in total. The van der Waals surface area contributed by atoms with Crippen molar-refractivity contribution in [3.8, 4) is 5.88 Å². The van der Waals surface area contributed by atoms with Gasteiger partial charge in [-0.25, -0.2) is 4.98 Å². The van der Waals surface area contributed by atoms with E-state index in [1.54, 1.807) is 20.4 Å². The Morgan fingerprint density at radius 3 is 2.70 bits per heavy atom. The summed E-state index contributed by atoms with van der Waals surface area (Å²) < 4.78 is 5.28. The number of likely N-dealkylation sites (N-methyl/N-ethyl adjacent to an activating group) is 1. The predicted octanol–water partition coefficient (Wildman–Crippen LogP) is 3.21. The van der Waals surface area contributed by atoms with Gasteiger partial charge in [0.05, 0.1) is 7.11 Å². The Morgan fingerprint density at radius 2 is 2.04 bits per heavy atom. The minimum absolute atomic E-state index is 0. The molecule has 0 fully saturated rings.